The van der Waals surface area contributed by atoms with Crippen molar-refractivity contribution in [2.45, 2.75) is 46.5 Å². The molecule has 0 atom stereocenters. The molecule has 0 radical (unpaired) electrons. The number of piperazine rings is 1. The van der Waals surface area contributed by atoms with Gasteiger partial charge in [-0.15, -0.1) is 11.3 Å². The van der Waals surface area contributed by atoms with E-state index in [1.807, 2.05) is 0 Å². The van der Waals surface area contributed by atoms with Crippen molar-refractivity contribution in [2.75, 3.05) is 36.0 Å². The molecule has 0 bridgehead atoms. The molecule has 1 fully saturated rings. The van der Waals surface area contributed by atoms with Crippen molar-refractivity contribution in [3.05, 3.63) is 34.2 Å². The maximum absolute atomic E-state index is 4.72. The Labute approximate surface area is 159 Å². The molecule has 1 aliphatic heterocycles. The van der Waals surface area contributed by atoms with Crippen molar-refractivity contribution in [3.63, 3.8) is 0 Å². The number of aromatic nitrogens is 3. The van der Waals surface area contributed by atoms with Crippen LogP contribution < -0.4 is 9.80 Å². The summed E-state index contributed by atoms with van der Waals surface area (Å²) in [6, 6.07) is 0. The lowest BCUT2D eigenvalue weighted by Gasteiger charge is -2.36. The van der Waals surface area contributed by atoms with Gasteiger partial charge in [-0.05, 0) is 52.0 Å². The molecule has 1 aliphatic carbocycles. The lowest BCUT2D eigenvalue weighted by molar-refractivity contribution is 0.642. The van der Waals surface area contributed by atoms with E-state index in [2.05, 4.69) is 45.9 Å². The summed E-state index contributed by atoms with van der Waals surface area (Å²) in [5.41, 5.74) is 6.53. The van der Waals surface area contributed by atoms with Gasteiger partial charge in [-0.25, -0.2) is 15.0 Å². The second-order valence-electron chi connectivity index (χ2n) is 7.37. The van der Waals surface area contributed by atoms with Gasteiger partial charge in [0.15, 0.2) is 5.13 Å². The molecule has 0 unspecified atom stereocenters. The monoisotopic (exact) mass is 369 g/mol. The highest BCUT2D eigenvalue weighted by atomic mass is 32.1. The Bertz CT molecular complexity index is 817. The summed E-state index contributed by atoms with van der Waals surface area (Å²) >= 11 is 1.74. The summed E-state index contributed by atoms with van der Waals surface area (Å²) in [6.07, 6.45) is 6.68. The molecule has 26 heavy (non-hydrogen) atoms. The summed E-state index contributed by atoms with van der Waals surface area (Å²) in [7, 11) is 0. The van der Waals surface area contributed by atoms with Crippen LogP contribution in [0, 0.1) is 13.8 Å². The third kappa shape index (κ3) is 3.34. The molecule has 0 amide bonds. The van der Waals surface area contributed by atoms with E-state index in [-0.39, 0.29) is 0 Å². The summed E-state index contributed by atoms with van der Waals surface area (Å²) < 4.78 is 0. The molecule has 2 aromatic heterocycles. The fourth-order valence-electron chi connectivity index (χ4n) is 4.05. The standard InChI is InChI=1S/C20H27N5S/c1-14-6-4-5-7-17(14)18-16(3)21-13-22-19(18)24-8-10-25(11-9-24)20-23-15(2)12-26-20/h12-13H,4-11H2,1-3H3. The van der Waals surface area contributed by atoms with Crippen molar-refractivity contribution >= 4 is 27.9 Å². The van der Waals surface area contributed by atoms with Crippen molar-refractivity contribution in [1.29, 1.82) is 0 Å². The first-order chi connectivity index (χ1) is 12.6. The molecule has 6 heteroatoms. The molecule has 0 saturated carbocycles. The van der Waals surface area contributed by atoms with Crippen molar-refractivity contribution in [2.24, 2.45) is 0 Å². The normalized spacial score (nSPS) is 18.6. The summed E-state index contributed by atoms with van der Waals surface area (Å²) in [5, 5.41) is 3.28. The zero-order chi connectivity index (χ0) is 18.1. The predicted molar refractivity (Wildman–Crippen MR) is 109 cm³/mol. The highest BCUT2D eigenvalue weighted by Crippen LogP contribution is 2.37. The van der Waals surface area contributed by atoms with E-state index in [0.717, 1.165) is 54.9 Å². The van der Waals surface area contributed by atoms with Gasteiger partial charge in [0.05, 0.1) is 11.4 Å². The highest BCUT2D eigenvalue weighted by Gasteiger charge is 2.25. The van der Waals surface area contributed by atoms with Gasteiger partial charge in [-0.2, -0.15) is 0 Å². The Balaban J connectivity index is 1.58. The highest BCUT2D eigenvalue weighted by molar-refractivity contribution is 7.13. The topological polar surface area (TPSA) is 45.2 Å². The molecular formula is C20H27N5S. The van der Waals surface area contributed by atoms with E-state index >= 15 is 0 Å². The third-order valence-electron chi connectivity index (χ3n) is 5.52. The first kappa shape index (κ1) is 17.5. The number of allylic oxidation sites excluding steroid dienone is 2. The molecule has 3 heterocycles. The maximum atomic E-state index is 4.72. The van der Waals surface area contributed by atoms with Gasteiger partial charge in [0.1, 0.15) is 12.1 Å². The van der Waals surface area contributed by atoms with Gasteiger partial charge in [0.25, 0.3) is 0 Å². The molecule has 5 nitrogen and oxygen atoms in total. The minimum atomic E-state index is 0.981. The van der Waals surface area contributed by atoms with Crippen LogP contribution in [0.2, 0.25) is 0 Å². The molecule has 138 valence electrons. The zero-order valence-corrected chi connectivity index (χ0v) is 16.8. The van der Waals surface area contributed by atoms with Gasteiger partial charge >= 0.3 is 0 Å². The van der Waals surface area contributed by atoms with Crippen LogP contribution in [0.1, 0.15) is 49.6 Å². The van der Waals surface area contributed by atoms with Crippen LogP contribution in [0.5, 0.6) is 0 Å². The van der Waals surface area contributed by atoms with Crippen molar-refractivity contribution in [1.82, 2.24) is 15.0 Å². The third-order valence-corrected chi connectivity index (χ3v) is 6.54. The van der Waals surface area contributed by atoms with Crippen LogP contribution in [0.4, 0.5) is 10.9 Å². The zero-order valence-electron chi connectivity index (χ0n) is 16.0. The number of rotatable bonds is 3. The second-order valence-corrected chi connectivity index (χ2v) is 8.21. The first-order valence-corrected chi connectivity index (χ1v) is 10.4. The largest absolute Gasteiger partial charge is 0.352 e. The van der Waals surface area contributed by atoms with E-state index in [1.165, 1.54) is 36.0 Å². The molecule has 2 aromatic rings. The Morgan fingerprint density at radius 2 is 1.65 bits per heavy atom. The Morgan fingerprint density at radius 3 is 2.35 bits per heavy atom. The van der Waals surface area contributed by atoms with Gasteiger partial charge < -0.3 is 9.80 Å². The Hall–Kier alpha value is -1.95. The van der Waals surface area contributed by atoms with E-state index in [0.29, 0.717) is 0 Å². The van der Waals surface area contributed by atoms with Crippen LogP contribution in [-0.2, 0) is 0 Å². The lowest BCUT2D eigenvalue weighted by Crippen LogP contribution is -2.47. The lowest BCUT2D eigenvalue weighted by atomic mass is 9.87. The number of aryl methyl sites for hydroxylation is 2. The molecular weight excluding hydrogens is 342 g/mol. The van der Waals surface area contributed by atoms with Crippen molar-refractivity contribution in [3.8, 4) is 0 Å². The molecule has 1 saturated heterocycles. The maximum Gasteiger partial charge on any atom is 0.185 e. The van der Waals surface area contributed by atoms with Crippen LogP contribution in [0.15, 0.2) is 17.3 Å². The predicted octanol–water partition coefficient (Wildman–Crippen LogP) is 4.22. The molecule has 0 aromatic carbocycles. The number of hydrogen-bond donors (Lipinski definition) is 0. The number of hydrogen-bond acceptors (Lipinski definition) is 6. The van der Waals surface area contributed by atoms with Crippen LogP contribution in [-0.4, -0.2) is 41.1 Å². The van der Waals surface area contributed by atoms with Crippen LogP contribution in [0.25, 0.3) is 5.57 Å². The quantitative estimate of drug-likeness (QED) is 0.810. The van der Waals surface area contributed by atoms with Gasteiger partial charge in [0, 0.05) is 37.1 Å². The average Bonchev–Trinajstić information content (AvgIpc) is 3.09. The first-order valence-electron chi connectivity index (χ1n) is 9.56. The smallest absolute Gasteiger partial charge is 0.185 e. The minimum absolute atomic E-state index is 0.981. The van der Waals surface area contributed by atoms with E-state index < -0.39 is 0 Å². The van der Waals surface area contributed by atoms with E-state index in [9.17, 15) is 0 Å². The Kier molecular flexibility index (Phi) is 4.94. The van der Waals surface area contributed by atoms with Crippen LogP contribution >= 0.6 is 11.3 Å². The summed E-state index contributed by atoms with van der Waals surface area (Å²) in [5.74, 6) is 1.13. The molecule has 0 N–H and O–H groups in total. The van der Waals surface area contributed by atoms with Gasteiger partial charge in [0.2, 0.25) is 0 Å². The summed E-state index contributed by atoms with van der Waals surface area (Å²) in [4.78, 5) is 18.7. The number of nitrogens with zero attached hydrogens (tertiary/aromatic N) is 5. The Morgan fingerprint density at radius 1 is 0.923 bits per heavy atom. The average molecular weight is 370 g/mol. The van der Waals surface area contributed by atoms with Crippen molar-refractivity contribution < 1.29 is 0 Å². The van der Waals surface area contributed by atoms with Gasteiger partial charge in [-0.3, -0.25) is 0 Å². The SMILES string of the molecule is CC1=C(c2c(C)ncnc2N2CCN(c3nc(C)cs3)CC2)CCCC1. The van der Waals surface area contributed by atoms with E-state index in [1.54, 1.807) is 17.7 Å². The fourth-order valence-corrected chi connectivity index (χ4v) is 4.90. The van der Waals surface area contributed by atoms with E-state index in [4.69, 9.17) is 4.98 Å². The number of anilines is 2. The minimum Gasteiger partial charge on any atom is -0.352 e. The summed E-state index contributed by atoms with van der Waals surface area (Å²) in [6.45, 7) is 10.4. The fraction of sp³-hybridized carbons (Fsp3) is 0.550. The van der Waals surface area contributed by atoms with Gasteiger partial charge in [-0.1, -0.05) is 5.57 Å². The number of thiazole rings is 1. The van der Waals surface area contributed by atoms with Crippen LogP contribution in [0.3, 0.4) is 0 Å². The second kappa shape index (κ2) is 7.35. The molecule has 0 spiro atoms. The molecule has 4 rings (SSSR count). The molecule has 2 aliphatic rings.